The van der Waals surface area contributed by atoms with Crippen LogP contribution in [0.4, 0.5) is 10.1 Å². The molecule has 21 heavy (non-hydrogen) atoms. The van der Waals surface area contributed by atoms with E-state index in [0.29, 0.717) is 5.75 Å². The minimum atomic E-state index is -1.23. The Morgan fingerprint density at radius 2 is 1.71 bits per heavy atom. The second-order valence-corrected chi connectivity index (χ2v) is 5.63. The van der Waals surface area contributed by atoms with Crippen LogP contribution in [0.25, 0.3) is 6.08 Å². The molecule has 0 saturated heterocycles. The van der Waals surface area contributed by atoms with Gasteiger partial charge in [0.2, 0.25) is 0 Å². The Balaban J connectivity index is 1.96. The molecule has 0 aliphatic heterocycles. The van der Waals surface area contributed by atoms with Gasteiger partial charge in [0.05, 0.1) is 4.92 Å². The van der Waals surface area contributed by atoms with E-state index in [9.17, 15) is 19.1 Å². The van der Waals surface area contributed by atoms with Crippen molar-refractivity contribution in [3.8, 4) is 0 Å². The highest BCUT2D eigenvalue weighted by Crippen LogP contribution is 2.14. The topological polar surface area (TPSA) is 66.2 Å². The van der Waals surface area contributed by atoms with Crippen LogP contribution in [0.5, 0.6) is 0 Å². The number of hydrogen-bond acceptors (Lipinski definition) is 3. The van der Waals surface area contributed by atoms with E-state index < -0.39 is 16.1 Å². The Kier molecular flexibility index (Phi) is 5.08. The first-order valence-corrected chi connectivity index (χ1v) is 7.47. The third-order valence-corrected chi connectivity index (χ3v) is 3.80. The van der Waals surface area contributed by atoms with Crippen LogP contribution in [-0.2, 0) is 16.9 Å². The summed E-state index contributed by atoms with van der Waals surface area (Å²) in [6, 6.07) is 11.8. The Bertz CT molecular complexity index is 641. The minimum Gasteiger partial charge on any atom is -0.612 e. The monoisotopic (exact) mass is 305 g/mol. The summed E-state index contributed by atoms with van der Waals surface area (Å²) in [4.78, 5) is 10.0. The minimum absolute atomic E-state index is 0.0135. The van der Waals surface area contributed by atoms with E-state index in [1.165, 1.54) is 29.7 Å². The summed E-state index contributed by atoms with van der Waals surface area (Å²) in [5.41, 5.74) is 1.52. The number of benzene rings is 2. The van der Waals surface area contributed by atoms with E-state index >= 15 is 0 Å². The predicted molar refractivity (Wildman–Crippen MR) is 80.4 cm³/mol. The fourth-order valence-corrected chi connectivity index (χ4v) is 2.58. The first kappa shape index (κ1) is 15.2. The first-order valence-electron chi connectivity index (χ1n) is 6.09. The van der Waals surface area contributed by atoms with Crippen LogP contribution in [0.15, 0.2) is 53.9 Å². The molecule has 1 atom stereocenters. The van der Waals surface area contributed by atoms with Gasteiger partial charge in [-0.25, -0.2) is 4.39 Å². The quantitative estimate of drug-likeness (QED) is 0.481. The van der Waals surface area contributed by atoms with Gasteiger partial charge in [0.15, 0.2) is 0 Å². The molecule has 0 aliphatic rings. The van der Waals surface area contributed by atoms with Gasteiger partial charge >= 0.3 is 0 Å². The van der Waals surface area contributed by atoms with Crippen molar-refractivity contribution in [2.45, 2.75) is 5.75 Å². The average molecular weight is 305 g/mol. The molecule has 2 aromatic carbocycles. The summed E-state index contributed by atoms with van der Waals surface area (Å²) in [5.74, 6) is -0.0324. The number of nitro benzene ring substituents is 1. The lowest BCUT2D eigenvalue weighted by molar-refractivity contribution is -0.384. The Hall–Kier alpha value is -2.18. The molecule has 0 heterocycles. The van der Waals surface area contributed by atoms with Gasteiger partial charge in [-0.15, -0.1) is 0 Å². The highest BCUT2D eigenvalue weighted by molar-refractivity contribution is 7.93. The molecule has 0 amide bonds. The second-order valence-electron chi connectivity index (χ2n) is 4.30. The van der Waals surface area contributed by atoms with Gasteiger partial charge in [-0.05, 0) is 47.1 Å². The van der Waals surface area contributed by atoms with Crippen molar-refractivity contribution in [3.63, 3.8) is 0 Å². The van der Waals surface area contributed by atoms with Crippen molar-refractivity contribution in [2.24, 2.45) is 0 Å². The fraction of sp³-hybridized carbons (Fsp3) is 0.0667. The van der Waals surface area contributed by atoms with Gasteiger partial charge in [-0.2, -0.15) is 0 Å². The van der Waals surface area contributed by atoms with Crippen molar-refractivity contribution in [3.05, 3.63) is 81.0 Å². The summed E-state index contributed by atoms with van der Waals surface area (Å²) in [5, 5.41) is 12.0. The third-order valence-electron chi connectivity index (χ3n) is 2.74. The third kappa shape index (κ3) is 4.70. The summed E-state index contributed by atoms with van der Waals surface area (Å²) in [6.07, 6.45) is 1.64. The smallest absolute Gasteiger partial charge is 0.269 e. The fourth-order valence-electron chi connectivity index (χ4n) is 1.65. The molecule has 0 aliphatic carbocycles. The molecular formula is C15H12FNO3S. The number of rotatable bonds is 5. The summed E-state index contributed by atoms with van der Waals surface area (Å²) in [7, 11) is 0. The molecule has 2 rings (SSSR count). The lowest BCUT2D eigenvalue weighted by Gasteiger charge is -2.05. The molecule has 6 heteroatoms. The van der Waals surface area contributed by atoms with Crippen molar-refractivity contribution in [1.29, 1.82) is 0 Å². The zero-order chi connectivity index (χ0) is 15.2. The predicted octanol–water partition coefficient (Wildman–Crippen LogP) is 3.65. The molecule has 0 spiro atoms. The molecule has 2 aromatic rings. The Labute approximate surface area is 124 Å². The molecule has 0 N–H and O–H groups in total. The summed E-state index contributed by atoms with van der Waals surface area (Å²) < 4.78 is 24.6. The number of hydrogen-bond donors (Lipinski definition) is 0. The molecule has 0 bridgehead atoms. The lowest BCUT2D eigenvalue weighted by atomic mass is 10.2. The van der Waals surface area contributed by atoms with Crippen molar-refractivity contribution in [1.82, 2.24) is 0 Å². The molecule has 0 saturated carbocycles. The molecule has 0 aromatic heterocycles. The highest BCUT2D eigenvalue weighted by atomic mass is 32.2. The largest absolute Gasteiger partial charge is 0.612 e. The lowest BCUT2D eigenvalue weighted by Crippen LogP contribution is -2.00. The number of non-ortho nitro benzene ring substituents is 1. The van der Waals surface area contributed by atoms with E-state index in [2.05, 4.69) is 0 Å². The summed E-state index contributed by atoms with van der Waals surface area (Å²) in [6.45, 7) is 0. The molecule has 1 unspecified atom stereocenters. The molecule has 0 fully saturated rings. The SMILES string of the molecule is O=[N+]([O-])c1ccc(/C=C/[S+]([O-])Cc2ccc(F)cc2)cc1. The second kappa shape index (κ2) is 7.01. The van der Waals surface area contributed by atoms with Crippen molar-refractivity contribution in [2.75, 3.05) is 0 Å². The standard InChI is InChI=1S/C15H12FNO3S/c16-14-5-1-13(2-6-14)11-21(20)10-9-12-3-7-15(8-4-12)17(18)19/h1-10H,11H2/b10-9+. The summed E-state index contributed by atoms with van der Waals surface area (Å²) >= 11 is -1.23. The zero-order valence-electron chi connectivity index (χ0n) is 10.9. The number of nitrogens with zero attached hydrogens (tertiary/aromatic N) is 1. The molecule has 4 nitrogen and oxygen atoms in total. The number of halogens is 1. The maximum Gasteiger partial charge on any atom is 0.269 e. The van der Waals surface area contributed by atoms with Crippen LogP contribution < -0.4 is 0 Å². The van der Waals surface area contributed by atoms with E-state index in [0.717, 1.165) is 11.1 Å². The van der Waals surface area contributed by atoms with Gasteiger partial charge in [0.25, 0.3) is 5.69 Å². The van der Waals surface area contributed by atoms with Gasteiger partial charge in [-0.1, -0.05) is 12.1 Å². The Morgan fingerprint density at radius 3 is 2.29 bits per heavy atom. The van der Waals surface area contributed by atoms with E-state index in [-0.39, 0.29) is 11.5 Å². The van der Waals surface area contributed by atoms with Crippen LogP contribution in [-0.4, -0.2) is 9.48 Å². The van der Waals surface area contributed by atoms with Crippen LogP contribution in [0, 0.1) is 15.9 Å². The first-order chi connectivity index (χ1) is 10.0. The van der Waals surface area contributed by atoms with Gasteiger partial charge in [-0.3, -0.25) is 10.1 Å². The van der Waals surface area contributed by atoms with Gasteiger partial charge in [0, 0.05) is 17.7 Å². The van der Waals surface area contributed by atoms with Crippen LogP contribution in [0.3, 0.4) is 0 Å². The molecule has 108 valence electrons. The van der Waals surface area contributed by atoms with Crippen molar-refractivity contribution >= 4 is 22.9 Å². The van der Waals surface area contributed by atoms with Crippen LogP contribution in [0.2, 0.25) is 0 Å². The van der Waals surface area contributed by atoms with E-state index in [1.54, 1.807) is 30.3 Å². The maximum atomic E-state index is 12.7. The normalized spacial score (nSPS) is 12.5. The van der Waals surface area contributed by atoms with Crippen LogP contribution in [0.1, 0.15) is 11.1 Å². The maximum absolute atomic E-state index is 12.7. The van der Waals surface area contributed by atoms with Gasteiger partial charge < -0.3 is 4.55 Å². The molecular weight excluding hydrogens is 293 g/mol. The Morgan fingerprint density at radius 1 is 1.10 bits per heavy atom. The van der Waals surface area contributed by atoms with Crippen LogP contribution >= 0.6 is 0 Å². The van der Waals surface area contributed by atoms with E-state index in [1.807, 2.05) is 0 Å². The highest BCUT2D eigenvalue weighted by Gasteiger charge is 2.05. The van der Waals surface area contributed by atoms with Gasteiger partial charge in [0.1, 0.15) is 17.0 Å². The van der Waals surface area contributed by atoms with E-state index in [4.69, 9.17) is 0 Å². The molecule has 0 radical (unpaired) electrons. The zero-order valence-corrected chi connectivity index (χ0v) is 11.8. The number of nitro groups is 1. The van der Waals surface area contributed by atoms with Crippen molar-refractivity contribution < 1.29 is 13.9 Å². The average Bonchev–Trinajstić information content (AvgIpc) is 2.48.